The Kier molecular flexibility index (Phi) is 14.8. The van der Waals surface area contributed by atoms with Gasteiger partial charge in [-0.3, -0.25) is 0 Å². The van der Waals surface area contributed by atoms with Crippen molar-refractivity contribution < 1.29 is 28.8 Å². The van der Waals surface area contributed by atoms with Gasteiger partial charge in [0.2, 0.25) is 5.79 Å². The minimum Gasteiger partial charge on any atom is -0.379 e. The average Bonchev–Trinajstić information content (AvgIpc) is 2.89. The Balaban J connectivity index is 2.45. The van der Waals surface area contributed by atoms with E-state index >= 15 is 0 Å². The van der Waals surface area contributed by atoms with Gasteiger partial charge in [-0.25, -0.2) is 0 Å². The van der Waals surface area contributed by atoms with Crippen molar-refractivity contribution in [2.24, 2.45) is 0 Å². The molecule has 0 amide bonds. The smallest absolute Gasteiger partial charge is 0.222 e. The molecule has 1 aliphatic heterocycles. The van der Waals surface area contributed by atoms with Crippen molar-refractivity contribution in [1.29, 1.82) is 0 Å². The molecule has 1 aromatic rings. The molecular formula is C30H50O6. The first-order chi connectivity index (χ1) is 17.5. The zero-order valence-corrected chi connectivity index (χ0v) is 23.1. The summed E-state index contributed by atoms with van der Waals surface area (Å²) in [5.74, 6) is -1.78. The molecule has 0 spiro atoms. The lowest BCUT2D eigenvalue weighted by molar-refractivity contribution is -0.342. The lowest BCUT2D eigenvalue weighted by atomic mass is 9.85. The summed E-state index contributed by atoms with van der Waals surface area (Å²) in [6.45, 7) is 15.4. The van der Waals surface area contributed by atoms with Crippen LogP contribution in [0.3, 0.4) is 0 Å². The summed E-state index contributed by atoms with van der Waals surface area (Å²) >= 11 is 0. The van der Waals surface area contributed by atoms with Gasteiger partial charge in [0.25, 0.3) is 0 Å². The third kappa shape index (κ3) is 8.93. The Morgan fingerprint density at radius 1 is 0.806 bits per heavy atom. The van der Waals surface area contributed by atoms with Gasteiger partial charge in [-0.05, 0) is 31.2 Å². The summed E-state index contributed by atoms with van der Waals surface area (Å²) in [4.78, 5) is 0. The predicted octanol–water partition coefficient (Wildman–Crippen LogP) is 6.16. The van der Waals surface area contributed by atoms with Gasteiger partial charge in [0.15, 0.2) is 0 Å². The topological polar surface area (TPSA) is 66.4 Å². The highest BCUT2D eigenvalue weighted by Gasteiger charge is 2.57. The second-order valence-corrected chi connectivity index (χ2v) is 9.65. The van der Waals surface area contributed by atoms with Crippen LogP contribution in [0.25, 0.3) is 5.57 Å². The van der Waals surface area contributed by atoms with Crippen molar-refractivity contribution in [3.63, 3.8) is 0 Å². The standard InChI is InChI=1S/C30H50O6/c1-6-10-19-32-23-26-27(33-20-11-7-2)28(34-21-12-8-3)29(35-22-13-9-4)30(31,36-26)24(5)25-17-15-14-16-18-25/h14-18,26-29,31H,5-13,19-23H2,1-4H3/t26-,27-,28+,29-,30+/m1/s1. The summed E-state index contributed by atoms with van der Waals surface area (Å²) in [7, 11) is 0. The number of hydrogen-bond acceptors (Lipinski definition) is 6. The van der Waals surface area contributed by atoms with Crippen molar-refractivity contribution in [1.82, 2.24) is 0 Å². The molecule has 1 saturated heterocycles. The van der Waals surface area contributed by atoms with E-state index in [0.29, 0.717) is 38.6 Å². The Hall–Kier alpha value is -1.28. The van der Waals surface area contributed by atoms with Crippen LogP contribution in [0.2, 0.25) is 0 Å². The van der Waals surface area contributed by atoms with Gasteiger partial charge in [-0.2, -0.15) is 0 Å². The van der Waals surface area contributed by atoms with Crippen LogP contribution in [-0.4, -0.2) is 68.3 Å². The van der Waals surface area contributed by atoms with Gasteiger partial charge in [0.1, 0.15) is 24.4 Å². The summed E-state index contributed by atoms with van der Waals surface area (Å²) < 4.78 is 31.7. The number of aliphatic hydroxyl groups is 1. The predicted molar refractivity (Wildman–Crippen MR) is 145 cm³/mol. The molecule has 0 aliphatic carbocycles. The van der Waals surface area contributed by atoms with Crippen LogP contribution >= 0.6 is 0 Å². The van der Waals surface area contributed by atoms with Crippen LogP contribution in [0.1, 0.15) is 84.6 Å². The molecule has 0 saturated carbocycles. The fourth-order valence-corrected chi connectivity index (χ4v) is 4.31. The van der Waals surface area contributed by atoms with Crippen LogP contribution in [0, 0.1) is 0 Å². The van der Waals surface area contributed by atoms with Crippen molar-refractivity contribution >= 4 is 5.57 Å². The van der Waals surface area contributed by atoms with E-state index in [1.807, 2.05) is 30.3 Å². The number of ether oxygens (including phenoxy) is 5. The van der Waals surface area contributed by atoms with E-state index in [9.17, 15) is 5.11 Å². The maximum Gasteiger partial charge on any atom is 0.222 e. The van der Waals surface area contributed by atoms with E-state index in [2.05, 4.69) is 34.3 Å². The summed E-state index contributed by atoms with van der Waals surface area (Å²) in [5.41, 5.74) is 1.26. The molecule has 6 nitrogen and oxygen atoms in total. The Morgan fingerprint density at radius 3 is 1.92 bits per heavy atom. The molecular weight excluding hydrogens is 456 g/mol. The van der Waals surface area contributed by atoms with Gasteiger partial charge in [-0.1, -0.05) is 90.3 Å². The summed E-state index contributed by atoms with van der Waals surface area (Å²) in [6.07, 6.45) is 5.49. The van der Waals surface area contributed by atoms with Gasteiger partial charge < -0.3 is 28.8 Å². The number of hydrogen-bond donors (Lipinski definition) is 1. The van der Waals surface area contributed by atoms with Crippen molar-refractivity contribution in [2.45, 2.75) is 109 Å². The van der Waals surface area contributed by atoms with Crippen LogP contribution in [0.5, 0.6) is 0 Å². The molecule has 6 heteroatoms. The molecule has 0 bridgehead atoms. The second-order valence-electron chi connectivity index (χ2n) is 9.65. The lowest BCUT2D eigenvalue weighted by Crippen LogP contribution is -2.67. The van der Waals surface area contributed by atoms with E-state index in [0.717, 1.165) is 56.9 Å². The van der Waals surface area contributed by atoms with Crippen LogP contribution in [0.15, 0.2) is 36.9 Å². The zero-order chi connectivity index (χ0) is 26.2. The lowest BCUT2D eigenvalue weighted by Gasteiger charge is -2.51. The molecule has 5 atom stereocenters. The fraction of sp³-hybridized carbons (Fsp3) is 0.733. The van der Waals surface area contributed by atoms with Crippen molar-refractivity contribution in [3.8, 4) is 0 Å². The van der Waals surface area contributed by atoms with Crippen LogP contribution in [-0.2, 0) is 23.7 Å². The SMILES string of the molecule is C=C(c1ccccc1)[C@]1(O)O[C@H](COCCCC)[C@@H](OCCCC)[C@H](OCCCC)[C@H]1OCCCC. The maximum absolute atomic E-state index is 12.2. The van der Waals surface area contributed by atoms with E-state index in [1.54, 1.807) is 0 Å². The molecule has 0 radical (unpaired) electrons. The van der Waals surface area contributed by atoms with E-state index in [-0.39, 0.29) is 0 Å². The Bertz CT molecular complexity index is 711. The normalized spacial score (nSPS) is 26.2. The largest absolute Gasteiger partial charge is 0.379 e. The number of benzene rings is 1. The Labute approximate surface area is 219 Å². The van der Waals surface area contributed by atoms with Gasteiger partial charge in [0.05, 0.1) is 6.61 Å². The summed E-state index contributed by atoms with van der Waals surface area (Å²) in [6, 6.07) is 9.65. The monoisotopic (exact) mass is 506 g/mol. The zero-order valence-electron chi connectivity index (χ0n) is 23.1. The molecule has 36 heavy (non-hydrogen) atoms. The quantitative estimate of drug-likeness (QED) is 0.227. The van der Waals surface area contributed by atoms with Crippen molar-refractivity contribution in [2.75, 3.05) is 33.0 Å². The molecule has 0 unspecified atom stereocenters. The van der Waals surface area contributed by atoms with Crippen LogP contribution < -0.4 is 0 Å². The molecule has 1 aliphatic rings. The number of unbranched alkanes of at least 4 members (excludes halogenated alkanes) is 4. The Morgan fingerprint density at radius 2 is 1.33 bits per heavy atom. The highest BCUT2D eigenvalue weighted by atomic mass is 16.7. The highest BCUT2D eigenvalue weighted by Crippen LogP contribution is 2.41. The third-order valence-electron chi connectivity index (χ3n) is 6.60. The first-order valence-electron chi connectivity index (χ1n) is 14.1. The first kappa shape index (κ1) is 30.9. The minimum atomic E-state index is -1.78. The molecule has 0 aromatic heterocycles. The number of rotatable bonds is 19. The summed E-state index contributed by atoms with van der Waals surface area (Å²) in [5, 5.41) is 12.2. The van der Waals surface area contributed by atoms with Gasteiger partial charge >= 0.3 is 0 Å². The molecule has 206 valence electrons. The van der Waals surface area contributed by atoms with Gasteiger partial charge in [-0.15, -0.1) is 0 Å². The van der Waals surface area contributed by atoms with E-state index in [4.69, 9.17) is 23.7 Å². The molecule has 1 aromatic carbocycles. The van der Waals surface area contributed by atoms with Gasteiger partial charge in [0, 0.05) is 32.0 Å². The minimum absolute atomic E-state index is 0.302. The molecule has 2 rings (SSSR count). The third-order valence-corrected chi connectivity index (χ3v) is 6.60. The molecule has 1 N–H and O–H groups in total. The molecule has 1 fully saturated rings. The van der Waals surface area contributed by atoms with Crippen LogP contribution in [0.4, 0.5) is 0 Å². The second kappa shape index (κ2) is 17.3. The highest BCUT2D eigenvalue weighted by molar-refractivity contribution is 5.69. The first-order valence-corrected chi connectivity index (χ1v) is 14.1. The van der Waals surface area contributed by atoms with Crippen molar-refractivity contribution in [3.05, 3.63) is 42.5 Å². The average molecular weight is 507 g/mol. The molecule has 1 heterocycles. The van der Waals surface area contributed by atoms with E-state index in [1.165, 1.54) is 0 Å². The fourth-order valence-electron chi connectivity index (χ4n) is 4.31. The van der Waals surface area contributed by atoms with E-state index < -0.39 is 30.2 Å². The maximum atomic E-state index is 12.2.